The minimum atomic E-state index is 0.318. The molecule has 0 radical (unpaired) electrons. The smallest absolute Gasteiger partial charge is 0.129 e. The monoisotopic (exact) mass is 237 g/mol. The lowest BCUT2D eigenvalue weighted by atomic mass is 10.1. The number of fused-ring (bicyclic) bond motifs is 1. The van der Waals surface area contributed by atoms with Gasteiger partial charge in [-0.2, -0.15) is 0 Å². The maximum atomic E-state index is 10.8. The molecule has 0 spiro atoms. The van der Waals surface area contributed by atoms with Crippen molar-refractivity contribution in [2.45, 2.75) is 39.2 Å². The average molecular weight is 237 g/mol. The van der Waals surface area contributed by atoms with E-state index in [0.29, 0.717) is 5.78 Å². The number of carbonyl (C=O) groups is 1. The second-order valence-electron chi connectivity index (χ2n) is 4.55. The molecule has 3 heteroatoms. The summed E-state index contributed by atoms with van der Waals surface area (Å²) in [5.74, 6) is 0.318. The summed E-state index contributed by atoms with van der Waals surface area (Å²) >= 11 is 1.89. The number of Topliss-reactive ketones (excluding diaryl/α,β-unsaturated/α-hetero) is 1. The van der Waals surface area contributed by atoms with E-state index in [0.717, 1.165) is 32.4 Å². The van der Waals surface area contributed by atoms with Gasteiger partial charge in [0.25, 0.3) is 0 Å². The Morgan fingerprint density at radius 3 is 3.19 bits per heavy atom. The SMILES string of the molecule is CC(=O)CCCCN1CCc2sccc2C1. The van der Waals surface area contributed by atoms with Crippen LogP contribution in [0.1, 0.15) is 36.6 Å². The zero-order chi connectivity index (χ0) is 11.4. The lowest BCUT2D eigenvalue weighted by molar-refractivity contribution is -0.117. The molecule has 0 saturated heterocycles. The molecule has 0 aromatic carbocycles. The third-order valence-electron chi connectivity index (χ3n) is 3.14. The first-order valence-corrected chi connectivity index (χ1v) is 6.90. The molecule has 88 valence electrons. The summed E-state index contributed by atoms with van der Waals surface area (Å²) in [5, 5.41) is 2.20. The van der Waals surface area contributed by atoms with Gasteiger partial charge in [-0.15, -0.1) is 11.3 Å². The predicted molar refractivity (Wildman–Crippen MR) is 67.8 cm³/mol. The maximum Gasteiger partial charge on any atom is 0.129 e. The molecule has 2 nitrogen and oxygen atoms in total. The maximum absolute atomic E-state index is 10.8. The van der Waals surface area contributed by atoms with Gasteiger partial charge in [0.2, 0.25) is 0 Å². The van der Waals surface area contributed by atoms with Crippen LogP contribution in [-0.2, 0) is 17.8 Å². The zero-order valence-electron chi connectivity index (χ0n) is 9.87. The van der Waals surface area contributed by atoms with Crippen molar-refractivity contribution in [3.8, 4) is 0 Å². The highest BCUT2D eigenvalue weighted by atomic mass is 32.1. The first-order valence-electron chi connectivity index (χ1n) is 6.03. The van der Waals surface area contributed by atoms with E-state index < -0.39 is 0 Å². The number of carbonyl (C=O) groups excluding carboxylic acids is 1. The molecule has 0 atom stereocenters. The van der Waals surface area contributed by atoms with E-state index in [-0.39, 0.29) is 0 Å². The van der Waals surface area contributed by atoms with Crippen molar-refractivity contribution < 1.29 is 4.79 Å². The summed E-state index contributed by atoms with van der Waals surface area (Å²) in [6.07, 6.45) is 4.15. The van der Waals surface area contributed by atoms with Gasteiger partial charge in [0.05, 0.1) is 0 Å². The van der Waals surface area contributed by atoms with Gasteiger partial charge >= 0.3 is 0 Å². The molecular formula is C13H19NOS. The molecule has 0 amide bonds. The summed E-state index contributed by atoms with van der Waals surface area (Å²) in [5.41, 5.74) is 1.52. The van der Waals surface area contributed by atoms with Gasteiger partial charge in [0, 0.05) is 24.4 Å². The summed E-state index contributed by atoms with van der Waals surface area (Å²) in [6, 6.07) is 2.25. The third-order valence-corrected chi connectivity index (χ3v) is 4.16. The summed E-state index contributed by atoms with van der Waals surface area (Å²) in [7, 11) is 0. The average Bonchev–Trinajstić information content (AvgIpc) is 2.71. The number of hydrogen-bond acceptors (Lipinski definition) is 3. The number of rotatable bonds is 5. The van der Waals surface area contributed by atoms with E-state index in [1.54, 1.807) is 11.8 Å². The third kappa shape index (κ3) is 3.16. The van der Waals surface area contributed by atoms with Gasteiger partial charge < -0.3 is 4.79 Å². The van der Waals surface area contributed by atoms with E-state index in [9.17, 15) is 4.79 Å². The van der Waals surface area contributed by atoms with E-state index in [1.165, 1.54) is 18.5 Å². The van der Waals surface area contributed by atoms with Crippen molar-refractivity contribution in [3.63, 3.8) is 0 Å². The first kappa shape index (κ1) is 11.8. The Morgan fingerprint density at radius 2 is 2.38 bits per heavy atom. The molecule has 1 aliphatic heterocycles. The summed E-state index contributed by atoms with van der Waals surface area (Å²) < 4.78 is 0. The number of hydrogen-bond donors (Lipinski definition) is 0. The Kier molecular flexibility index (Phi) is 4.13. The molecule has 0 saturated carbocycles. The second kappa shape index (κ2) is 5.60. The van der Waals surface area contributed by atoms with Crippen LogP contribution in [0.15, 0.2) is 11.4 Å². The summed E-state index contributed by atoms with van der Waals surface area (Å²) in [6.45, 7) is 5.12. The number of ketones is 1. The minimum absolute atomic E-state index is 0.318. The Bertz CT molecular complexity index is 359. The van der Waals surface area contributed by atoms with Gasteiger partial charge in [-0.05, 0) is 49.7 Å². The Morgan fingerprint density at radius 1 is 1.50 bits per heavy atom. The number of unbranched alkanes of at least 4 members (excludes halogenated alkanes) is 1. The lowest BCUT2D eigenvalue weighted by Crippen LogP contribution is -2.30. The van der Waals surface area contributed by atoms with Crippen LogP contribution in [0.4, 0.5) is 0 Å². The molecule has 2 heterocycles. The van der Waals surface area contributed by atoms with Crippen LogP contribution < -0.4 is 0 Å². The molecule has 1 aromatic heterocycles. The van der Waals surface area contributed by atoms with Crippen LogP contribution in [0.2, 0.25) is 0 Å². The predicted octanol–water partition coefficient (Wildman–Crippen LogP) is 2.87. The highest BCUT2D eigenvalue weighted by molar-refractivity contribution is 7.10. The standard InChI is InChI=1S/C13H19NOS/c1-11(15)4-2-3-7-14-8-5-13-12(10-14)6-9-16-13/h6,9H,2-5,7-8,10H2,1H3. The van der Waals surface area contributed by atoms with Crippen molar-refractivity contribution in [1.29, 1.82) is 0 Å². The van der Waals surface area contributed by atoms with Crippen molar-refractivity contribution in [1.82, 2.24) is 4.90 Å². The van der Waals surface area contributed by atoms with Crippen molar-refractivity contribution in [3.05, 3.63) is 21.9 Å². The van der Waals surface area contributed by atoms with E-state index >= 15 is 0 Å². The quantitative estimate of drug-likeness (QED) is 0.734. The molecule has 0 N–H and O–H groups in total. The fraction of sp³-hybridized carbons (Fsp3) is 0.615. The molecule has 0 bridgehead atoms. The topological polar surface area (TPSA) is 20.3 Å². The van der Waals surface area contributed by atoms with Crippen LogP contribution in [0.3, 0.4) is 0 Å². The van der Waals surface area contributed by atoms with Crippen LogP contribution in [0.25, 0.3) is 0 Å². The highest BCUT2D eigenvalue weighted by Crippen LogP contribution is 2.24. The highest BCUT2D eigenvalue weighted by Gasteiger charge is 2.16. The molecule has 0 unspecified atom stereocenters. The van der Waals surface area contributed by atoms with E-state index in [4.69, 9.17) is 0 Å². The Hall–Kier alpha value is -0.670. The van der Waals surface area contributed by atoms with E-state index in [1.807, 2.05) is 11.3 Å². The lowest BCUT2D eigenvalue weighted by Gasteiger charge is -2.26. The van der Waals surface area contributed by atoms with Gasteiger partial charge in [0.1, 0.15) is 5.78 Å². The van der Waals surface area contributed by atoms with Crippen molar-refractivity contribution in [2.75, 3.05) is 13.1 Å². The molecule has 0 fully saturated rings. The van der Waals surface area contributed by atoms with Crippen molar-refractivity contribution >= 4 is 17.1 Å². The fourth-order valence-corrected chi connectivity index (χ4v) is 3.10. The molecule has 0 aliphatic carbocycles. The van der Waals surface area contributed by atoms with Crippen LogP contribution in [-0.4, -0.2) is 23.8 Å². The molecule has 1 aliphatic rings. The fourth-order valence-electron chi connectivity index (χ4n) is 2.21. The van der Waals surface area contributed by atoms with Crippen molar-refractivity contribution in [2.24, 2.45) is 0 Å². The van der Waals surface area contributed by atoms with Crippen LogP contribution in [0, 0.1) is 0 Å². The minimum Gasteiger partial charge on any atom is -0.300 e. The second-order valence-corrected chi connectivity index (χ2v) is 5.55. The van der Waals surface area contributed by atoms with Gasteiger partial charge in [-0.1, -0.05) is 0 Å². The van der Waals surface area contributed by atoms with E-state index in [2.05, 4.69) is 16.3 Å². The first-order chi connectivity index (χ1) is 7.75. The largest absolute Gasteiger partial charge is 0.300 e. The van der Waals surface area contributed by atoms with Gasteiger partial charge in [-0.25, -0.2) is 0 Å². The van der Waals surface area contributed by atoms with Crippen LogP contribution >= 0.6 is 11.3 Å². The molecular weight excluding hydrogens is 218 g/mol. The Balaban J connectivity index is 1.71. The molecule has 1 aromatic rings. The zero-order valence-corrected chi connectivity index (χ0v) is 10.7. The van der Waals surface area contributed by atoms with Crippen LogP contribution in [0.5, 0.6) is 0 Å². The normalized spacial score (nSPS) is 16.1. The number of thiophene rings is 1. The molecule has 2 rings (SSSR count). The molecule has 16 heavy (non-hydrogen) atoms. The Labute approximate surface area is 101 Å². The van der Waals surface area contributed by atoms with Gasteiger partial charge in [0.15, 0.2) is 0 Å². The van der Waals surface area contributed by atoms with Gasteiger partial charge in [-0.3, -0.25) is 4.90 Å². The summed E-state index contributed by atoms with van der Waals surface area (Å²) in [4.78, 5) is 14.9. The number of nitrogens with zero attached hydrogens (tertiary/aromatic N) is 1.